The molecule has 10 heavy (non-hydrogen) atoms. The van der Waals surface area contributed by atoms with E-state index in [1.807, 2.05) is 11.8 Å². The first-order valence-electron chi connectivity index (χ1n) is 3.80. The number of hydrogen-bond donors (Lipinski definition) is 1. The average molecular weight is 160 g/mol. The maximum absolute atomic E-state index is 5.75. The smallest absolute Gasteiger partial charge is 0.0180 e. The zero-order valence-corrected chi connectivity index (χ0v) is 7.36. The second-order valence-corrected chi connectivity index (χ2v) is 3.83. The predicted octanol–water partition coefficient (Wildman–Crippen LogP) is 0.382. The summed E-state index contributed by atoms with van der Waals surface area (Å²) in [7, 11) is 0. The number of nitrogens with zero attached hydrogens (tertiary/aromatic N) is 1. The van der Waals surface area contributed by atoms with E-state index in [0.29, 0.717) is 6.04 Å². The van der Waals surface area contributed by atoms with Crippen LogP contribution in [0.1, 0.15) is 6.42 Å². The van der Waals surface area contributed by atoms with Gasteiger partial charge in [0.05, 0.1) is 0 Å². The van der Waals surface area contributed by atoms with Crippen LogP contribution in [0.25, 0.3) is 0 Å². The van der Waals surface area contributed by atoms with E-state index in [1.165, 1.54) is 25.3 Å². The molecule has 1 aliphatic heterocycles. The number of likely N-dealkylation sites (tertiary alicyclic amines) is 1. The lowest BCUT2D eigenvalue weighted by atomic mass is 10.3. The summed E-state index contributed by atoms with van der Waals surface area (Å²) >= 11 is 1.91. The molecule has 0 bridgehead atoms. The molecule has 0 radical (unpaired) electrons. The fraction of sp³-hybridized carbons (Fsp3) is 1.00. The Kier molecular flexibility index (Phi) is 3.52. The molecule has 1 fully saturated rings. The van der Waals surface area contributed by atoms with Crippen molar-refractivity contribution in [1.29, 1.82) is 0 Å². The molecule has 0 amide bonds. The minimum atomic E-state index is 0.446. The van der Waals surface area contributed by atoms with Crippen molar-refractivity contribution in [3.63, 3.8) is 0 Å². The second kappa shape index (κ2) is 4.21. The Labute approximate surface area is 67.1 Å². The topological polar surface area (TPSA) is 29.3 Å². The first kappa shape index (κ1) is 8.37. The Morgan fingerprint density at radius 2 is 2.50 bits per heavy atom. The third-order valence-electron chi connectivity index (χ3n) is 1.92. The fourth-order valence-electron chi connectivity index (χ4n) is 1.29. The molecular weight excluding hydrogens is 144 g/mol. The molecule has 0 unspecified atom stereocenters. The van der Waals surface area contributed by atoms with E-state index in [0.717, 1.165) is 6.54 Å². The SMILES string of the molecule is CSCCN1CC[C@@H](N)C1. The summed E-state index contributed by atoms with van der Waals surface area (Å²) in [5, 5.41) is 0. The summed E-state index contributed by atoms with van der Waals surface area (Å²) in [5.41, 5.74) is 5.75. The van der Waals surface area contributed by atoms with Gasteiger partial charge < -0.3 is 10.6 Å². The van der Waals surface area contributed by atoms with Gasteiger partial charge in [0.1, 0.15) is 0 Å². The molecule has 2 nitrogen and oxygen atoms in total. The Morgan fingerprint density at radius 1 is 1.70 bits per heavy atom. The number of thioether (sulfide) groups is 1. The second-order valence-electron chi connectivity index (χ2n) is 2.84. The highest BCUT2D eigenvalue weighted by molar-refractivity contribution is 7.98. The van der Waals surface area contributed by atoms with Crippen LogP contribution in [-0.2, 0) is 0 Å². The standard InChI is InChI=1S/C7H16N2S/c1-10-5-4-9-3-2-7(8)6-9/h7H,2-6,8H2,1H3/t7-/m1/s1. The van der Waals surface area contributed by atoms with E-state index in [-0.39, 0.29) is 0 Å². The van der Waals surface area contributed by atoms with Gasteiger partial charge in [0.25, 0.3) is 0 Å². The number of nitrogens with two attached hydrogens (primary N) is 1. The molecule has 3 heteroatoms. The summed E-state index contributed by atoms with van der Waals surface area (Å²) in [5.74, 6) is 1.24. The Hall–Kier alpha value is 0.270. The van der Waals surface area contributed by atoms with Crippen LogP contribution < -0.4 is 5.73 Å². The van der Waals surface area contributed by atoms with Crippen LogP contribution in [-0.4, -0.2) is 42.6 Å². The summed E-state index contributed by atoms with van der Waals surface area (Å²) < 4.78 is 0. The Bertz CT molecular complexity index is 97.6. The molecular formula is C7H16N2S. The van der Waals surface area contributed by atoms with Crippen molar-refractivity contribution in [3.8, 4) is 0 Å². The zero-order valence-electron chi connectivity index (χ0n) is 6.55. The Balaban J connectivity index is 2.06. The molecule has 2 N–H and O–H groups in total. The van der Waals surface area contributed by atoms with Crippen LogP contribution in [0.3, 0.4) is 0 Å². The van der Waals surface area contributed by atoms with Gasteiger partial charge in [0.2, 0.25) is 0 Å². The van der Waals surface area contributed by atoms with Gasteiger partial charge in [-0.2, -0.15) is 11.8 Å². The van der Waals surface area contributed by atoms with Gasteiger partial charge in [-0.25, -0.2) is 0 Å². The van der Waals surface area contributed by atoms with Crippen molar-refractivity contribution in [2.24, 2.45) is 5.73 Å². The lowest BCUT2D eigenvalue weighted by molar-refractivity contribution is 0.357. The van der Waals surface area contributed by atoms with Crippen molar-refractivity contribution in [3.05, 3.63) is 0 Å². The maximum Gasteiger partial charge on any atom is 0.0180 e. The van der Waals surface area contributed by atoms with Crippen LogP contribution >= 0.6 is 11.8 Å². The van der Waals surface area contributed by atoms with Crippen molar-refractivity contribution in [2.45, 2.75) is 12.5 Å². The number of hydrogen-bond acceptors (Lipinski definition) is 3. The summed E-state index contributed by atoms with van der Waals surface area (Å²) in [6, 6.07) is 0.446. The molecule has 1 heterocycles. The first-order valence-corrected chi connectivity index (χ1v) is 5.19. The van der Waals surface area contributed by atoms with E-state index in [2.05, 4.69) is 11.2 Å². The third-order valence-corrected chi connectivity index (χ3v) is 2.51. The van der Waals surface area contributed by atoms with Gasteiger partial charge in [-0.1, -0.05) is 0 Å². The molecule has 0 aromatic carbocycles. The van der Waals surface area contributed by atoms with Gasteiger partial charge in [-0.05, 0) is 19.2 Å². The zero-order chi connectivity index (χ0) is 7.40. The van der Waals surface area contributed by atoms with E-state index in [4.69, 9.17) is 5.73 Å². The van der Waals surface area contributed by atoms with Gasteiger partial charge in [-0.15, -0.1) is 0 Å². The predicted molar refractivity (Wildman–Crippen MR) is 47.4 cm³/mol. The monoisotopic (exact) mass is 160 g/mol. The van der Waals surface area contributed by atoms with E-state index >= 15 is 0 Å². The highest BCUT2D eigenvalue weighted by Crippen LogP contribution is 2.06. The van der Waals surface area contributed by atoms with Crippen LogP contribution in [0.2, 0.25) is 0 Å². The summed E-state index contributed by atoms with van der Waals surface area (Å²) in [4.78, 5) is 2.45. The van der Waals surface area contributed by atoms with Gasteiger partial charge in [0, 0.05) is 24.9 Å². The van der Waals surface area contributed by atoms with Crippen molar-refractivity contribution in [2.75, 3.05) is 31.6 Å². The molecule has 0 aliphatic carbocycles. The molecule has 0 spiro atoms. The largest absolute Gasteiger partial charge is 0.326 e. The first-order chi connectivity index (χ1) is 4.83. The molecule has 1 atom stereocenters. The molecule has 0 aromatic heterocycles. The summed E-state index contributed by atoms with van der Waals surface area (Å²) in [6.07, 6.45) is 3.34. The van der Waals surface area contributed by atoms with Crippen molar-refractivity contribution >= 4 is 11.8 Å². The normalized spacial score (nSPS) is 27.6. The molecule has 0 saturated carbocycles. The van der Waals surface area contributed by atoms with Gasteiger partial charge in [0.15, 0.2) is 0 Å². The maximum atomic E-state index is 5.75. The molecule has 1 aliphatic rings. The van der Waals surface area contributed by atoms with Crippen molar-refractivity contribution < 1.29 is 0 Å². The third kappa shape index (κ3) is 2.48. The van der Waals surface area contributed by atoms with Crippen LogP contribution in [0.5, 0.6) is 0 Å². The quantitative estimate of drug-likeness (QED) is 0.647. The van der Waals surface area contributed by atoms with Crippen LogP contribution in [0, 0.1) is 0 Å². The lowest BCUT2D eigenvalue weighted by Gasteiger charge is -2.13. The van der Waals surface area contributed by atoms with Crippen LogP contribution in [0.4, 0.5) is 0 Å². The minimum Gasteiger partial charge on any atom is -0.326 e. The molecule has 1 saturated heterocycles. The highest BCUT2D eigenvalue weighted by Gasteiger charge is 2.17. The molecule has 1 rings (SSSR count). The molecule has 60 valence electrons. The highest BCUT2D eigenvalue weighted by atomic mass is 32.2. The van der Waals surface area contributed by atoms with Gasteiger partial charge in [-0.3, -0.25) is 0 Å². The lowest BCUT2D eigenvalue weighted by Crippen LogP contribution is -2.28. The number of rotatable bonds is 3. The van der Waals surface area contributed by atoms with Crippen LogP contribution in [0.15, 0.2) is 0 Å². The molecule has 0 aromatic rings. The van der Waals surface area contributed by atoms with Gasteiger partial charge >= 0.3 is 0 Å². The fourth-order valence-corrected chi connectivity index (χ4v) is 1.73. The van der Waals surface area contributed by atoms with E-state index in [9.17, 15) is 0 Å². The minimum absolute atomic E-state index is 0.446. The average Bonchev–Trinajstić information content (AvgIpc) is 2.31. The van der Waals surface area contributed by atoms with Crippen molar-refractivity contribution in [1.82, 2.24) is 4.90 Å². The Morgan fingerprint density at radius 3 is 3.00 bits per heavy atom. The van der Waals surface area contributed by atoms with E-state index < -0.39 is 0 Å². The van der Waals surface area contributed by atoms with E-state index in [1.54, 1.807) is 0 Å². The summed E-state index contributed by atoms with van der Waals surface area (Å²) in [6.45, 7) is 3.54.